The lowest BCUT2D eigenvalue weighted by molar-refractivity contribution is -0.137. The summed E-state index contributed by atoms with van der Waals surface area (Å²) in [5.41, 5.74) is 5.45. The fraction of sp³-hybridized carbons (Fsp3) is 0.333. The van der Waals surface area contributed by atoms with Gasteiger partial charge in [0, 0.05) is 36.4 Å². The van der Waals surface area contributed by atoms with Gasteiger partial charge in [-0.25, -0.2) is 5.01 Å². The Morgan fingerprint density at radius 1 is 1.03 bits per heavy atom. The van der Waals surface area contributed by atoms with Crippen LogP contribution in [0.25, 0.3) is 10.9 Å². The molecule has 1 atom stereocenters. The third kappa shape index (κ3) is 4.69. The number of amides is 1. The zero-order valence-electron chi connectivity index (χ0n) is 19.8. The molecule has 1 unspecified atom stereocenters. The normalized spacial score (nSPS) is 16.9. The Morgan fingerprint density at radius 3 is 2.46 bits per heavy atom. The van der Waals surface area contributed by atoms with Gasteiger partial charge in [0.2, 0.25) is 5.91 Å². The number of benzene rings is 2. The minimum Gasteiger partial charge on any atom is -0.486 e. The molecule has 3 heterocycles. The van der Waals surface area contributed by atoms with Crippen molar-refractivity contribution in [2.24, 2.45) is 5.10 Å². The molecule has 2 aromatic carbocycles. The number of hydrogen-bond acceptors (Lipinski definition) is 6. The van der Waals surface area contributed by atoms with Crippen LogP contribution in [0.1, 0.15) is 54.1 Å². The van der Waals surface area contributed by atoms with E-state index in [1.54, 1.807) is 0 Å². The third-order valence-electron chi connectivity index (χ3n) is 6.40. The second-order valence-electron chi connectivity index (χ2n) is 8.97. The van der Waals surface area contributed by atoms with Crippen LogP contribution in [0.15, 0.2) is 47.6 Å². The quantitative estimate of drug-likeness (QED) is 0.563. The molecule has 0 spiro atoms. The number of rotatable bonds is 6. The maximum Gasteiger partial charge on any atom is 0.303 e. The summed E-state index contributed by atoms with van der Waals surface area (Å²) in [4.78, 5) is 28.9. The molecule has 0 fully saturated rings. The van der Waals surface area contributed by atoms with E-state index in [0.29, 0.717) is 31.1 Å². The average molecular weight is 474 g/mol. The molecule has 0 saturated heterocycles. The van der Waals surface area contributed by atoms with Crippen LogP contribution in [0.2, 0.25) is 0 Å². The number of aryl methyl sites for hydroxylation is 2. The van der Waals surface area contributed by atoms with Crippen molar-refractivity contribution in [1.29, 1.82) is 0 Å². The number of nitrogens with zero attached hydrogens (tertiary/aromatic N) is 3. The minimum atomic E-state index is -0.913. The molecule has 2 aliphatic rings. The summed E-state index contributed by atoms with van der Waals surface area (Å²) in [6, 6.07) is 13.6. The van der Waals surface area contributed by atoms with Gasteiger partial charge in [0.15, 0.2) is 11.5 Å². The topological polar surface area (TPSA) is 101 Å². The van der Waals surface area contributed by atoms with E-state index in [1.807, 2.05) is 56.3 Å². The molecule has 3 aromatic rings. The van der Waals surface area contributed by atoms with Crippen LogP contribution in [-0.4, -0.2) is 45.9 Å². The summed E-state index contributed by atoms with van der Waals surface area (Å²) in [7, 11) is 0. The summed E-state index contributed by atoms with van der Waals surface area (Å²) in [5.74, 6) is 0.262. The first-order valence-corrected chi connectivity index (χ1v) is 11.8. The summed E-state index contributed by atoms with van der Waals surface area (Å²) in [6.45, 7) is 4.97. The first kappa shape index (κ1) is 22.8. The summed E-state index contributed by atoms with van der Waals surface area (Å²) < 4.78 is 11.4. The van der Waals surface area contributed by atoms with E-state index in [1.165, 1.54) is 5.01 Å². The van der Waals surface area contributed by atoms with Crippen molar-refractivity contribution in [1.82, 2.24) is 9.99 Å². The van der Waals surface area contributed by atoms with Crippen molar-refractivity contribution >= 4 is 28.5 Å². The lowest BCUT2D eigenvalue weighted by Crippen LogP contribution is -2.27. The molecule has 8 nitrogen and oxygen atoms in total. The van der Waals surface area contributed by atoms with Crippen LogP contribution >= 0.6 is 0 Å². The van der Waals surface area contributed by atoms with Gasteiger partial charge in [0.1, 0.15) is 13.2 Å². The molecule has 1 aromatic heterocycles. The Kier molecular flexibility index (Phi) is 6.11. The number of aliphatic carboxylic acids is 1. The summed E-state index contributed by atoms with van der Waals surface area (Å²) >= 11 is 0. The van der Waals surface area contributed by atoms with Crippen molar-refractivity contribution < 1.29 is 24.2 Å². The van der Waals surface area contributed by atoms with E-state index in [4.69, 9.17) is 24.7 Å². The van der Waals surface area contributed by atoms with Crippen LogP contribution in [0, 0.1) is 13.8 Å². The van der Waals surface area contributed by atoms with Crippen molar-refractivity contribution in [3.8, 4) is 11.5 Å². The standard InChI is InChI=1S/C27H27N3O5/c1-16-6-8-18(9-7-16)22-14-23(30(29-22)26(31)4-3-5-27(32)33)20-12-19-13-24-25(35-11-10-34-24)15-21(19)28-17(20)2/h6-9,12-13,15,23H,3-5,10-11,14H2,1-2H3,(H,32,33). The third-order valence-corrected chi connectivity index (χ3v) is 6.40. The molecule has 5 rings (SSSR count). The van der Waals surface area contributed by atoms with Gasteiger partial charge in [-0.05, 0) is 43.5 Å². The zero-order valence-corrected chi connectivity index (χ0v) is 19.8. The molecule has 180 valence electrons. The van der Waals surface area contributed by atoms with E-state index in [9.17, 15) is 9.59 Å². The highest BCUT2D eigenvalue weighted by Gasteiger charge is 2.34. The van der Waals surface area contributed by atoms with Crippen LogP contribution in [-0.2, 0) is 9.59 Å². The summed E-state index contributed by atoms with van der Waals surface area (Å²) in [6.07, 6.45) is 0.881. The number of aromatic nitrogens is 1. The minimum absolute atomic E-state index is 0.0531. The molecular formula is C27H27N3O5. The predicted molar refractivity (Wildman–Crippen MR) is 131 cm³/mol. The van der Waals surface area contributed by atoms with E-state index >= 15 is 0 Å². The van der Waals surface area contributed by atoms with Crippen molar-refractivity contribution in [2.75, 3.05) is 13.2 Å². The molecule has 2 aliphatic heterocycles. The van der Waals surface area contributed by atoms with Gasteiger partial charge in [-0.15, -0.1) is 0 Å². The van der Waals surface area contributed by atoms with Crippen molar-refractivity contribution in [2.45, 2.75) is 45.6 Å². The van der Waals surface area contributed by atoms with Crippen LogP contribution < -0.4 is 9.47 Å². The molecular weight excluding hydrogens is 446 g/mol. The van der Waals surface area contributed by atoms with E-state index in [0.717, 1.165) is 39.0 Å². The number of carboxylic acids is 1. The Bertz CT molecular complexity index is 1330. The molecule has 0 saturated carbocycles. The second-order valence-corrected chi connectivity index (χ2v) is 8.97. The molecule has 1 amide bonds. The molecule has 35 heavy (non-hydrogen) atoms. The number of carboxylic acid groups (broad SMARTS) is 1. The summed E-state index contributed by atoms with van der Waals surface area (Å²) in [5, 5.41) is 16.1. The van der Waals surface area contributed by atoms with Gasteiger partial charge in [-0.1, -0.05) is 29.8 Å². The van der Waals surface area contributed by atoms with E-state index in [2.05, 4.69) is 0 Å². The SMILES string of the molecule is Cc1ccc(C2=NN(C(=O)CCCC(=O)O)C(c3cc4cc5c(cc4nc3C)OCCO5)C2)cc1. The lowest BCUT2D eigenvalue weighted by Gasteiger charge is -2.24. The molecule has 0 bridgehead atoms. The van der Waals surface area contributed by atoms with Gasteiger partial charge in [-0.2, -0.15) is 5.10 Å². The highest BCUT2D eigenvalue weighted by atomic mass is 16.6. The van der Waals surface area contributed by atoms with E-state index < -0.39 is 5.97 Å². The first-order valence-electron chi connectivity index (χ1n) is 11.8. The molecule has 0 radical (unpaired) electrons. The number of carbonyl (C=O) groups is 2. The van der Waals surface area contributed by atoms with Crippen LogP contribution in [0.3, 0.4) is 0 Å². The smallest absolute Gasteiger partial charge is 0.303 e. The number of ether oxygens (including phenoxy) is 2. The Labute approximate surface area is 203 Å². The predicted octanol–water partition coefficient (Wildman–Crippen LogP) is 4.56. The first-order chi connectivity index (χ1) is 16.9. The maximum absolute atomic E-state index is 13.2. The Balaban J connectivity index is 1.51. The Hall–Kier alpha value is -3.94. The van der Waals surface area contributed by atoms with Gasteiger partial charge >= 0.3 is 5.97 Å². The van der Waals surface area contributed by atoms with Crippen LogP contribution in [0.5, 0.6) is 11.5 Å². The van der Waals surface area contributed by atoms with Gasteiger partial charge < -0.3 is 14.6 Å². The second kappa shape index (κ2) is 9.37. The number of hydrogen-bond donors (Lipinski definition) is 1. The molecule has 0 aliphatic carbocycles. The monoisotopic (exact) mass is 473 g/mol. The van der Waals surface area contributed by atoms with E-state index in [-0.39, 0.29) is 31.2 Å². The molecule has 8 heteroatoms. The van der Waals surface area contributed by atoms with Gasteiger partial charge in [0.05, 0.1) is 17.3 Å². The fourth-order valence-corrected chi connectivity index (χ4v) is 4.57. The number of carbonyl (C=O) groups excluding carboxylic acids is 1. The molecule has 1 N–H and O–H groups in total. The highest BCUT2D eigenvalue weighted by molar-refractivity contribution is 6.03. The zero-order chi connectivity index (χ0) is 24.5. The largest absolute Gasteiger partial charge is 0.486 e. The van der Waals surface area contributed by atoms with Crippen molar-refractivity contribution in [3.63, 3.8) is 0 Å². The van der Waals surface area contributed by atoms with Crippen molar-refractivity contribution in [3.05, 3.63) is 64.8 Å². The average Bonchev–Trinajstić information content (AvgIpc) is 3.28. The highest BCUT2D eigenvalue weighted by Crippen LogP contribution is 2.39. The number of fused-ring (bicyclic) bond motifs is 2. The maximum atomic E-state index is 13.2. The number of hydrazone groups is 1. The van der Waals surface area contributed by atoms with Gasteiger partial charge in [-0.3, -0.25) is 14.6 Å². The number of pyridine rings is 1. The lowest BCUT2D eigenvalue weighted by atomic mass is 9.95. The van der Waals surface area contributed by atoms with Crippen LogP contribution in [0.4, 0.5) is 0 Å². The van der Waals surface area contributed by atoms with Gasteiger partial charge in [0.25, 0.3) is 0 Å². The Morgan fingerprint density at radius 2 is 1.74 bits per heavy atom. The fourth-order valence-electron chi connectivity index (χ4n) is 4.57.